The summed E-state index contributed by atoms with van der Waals surface area (Å²) in [6, 6.07) is 19.1. The summed E-state index contributed by atoms with van der Waals surface area (Å²) in [5.74, 6) is -0.165. The highest BCUT2D eigenvalue weighted by molar-refractivity contribution is 6.42. The molecule has 0 atom stereocenters. The number of hydrogen-bond acceptors (Lipinski definition) is 6. The van der Waals surface area contributed by atoms with Crippen LogP contribution in [0.2, 0.25) is 10.0 Å². The van der Waals surface area contributed by atoms with Gasteiger partial charge in [0.15, 0.2) is 18.1 Å². The van der Waals surface area contributed by atoms with Gasteiger partial charge in [0.1, 0.15) is 10.8 Å². The van der Waals surface area contributed by atoms with E-state index in [4.69, 9.17) is 37.4 Å². The van der Waals surface area contributed by atoms with Crippen molar-refractivity contribution in [2.75, 3.05) is 13.7 Å². The van der Waals surface area contributed by atoms with Gasteiger partial charge < -0.3 is 14.2 Å². The number of halogens is 2. The molecule has 0 aliphatic carbocycles. The first-order valence-electron chi connectivity index (χ1n) is 9.98. The number of nitrogens with one attached hydrogen (secondary N) is 1. The summed E-state index contributed by atoms with van der Waals surface area (Å²) in [4.78, 5) is 24.1. The predicted octanol–water partition coefficient (Wildman–Crippen LogP) is 5.15. The van der Waals surface area contributed by atoms with Crippen LogP contribution in [0.1, 0.15) is 11.1 Å². The summed E-state index contributed by atoms with van der Waals surface area (Å²) < 4.78 is 16.0. The van der Waals surface area contributed by atoms with Gasteiger partial charge in [0.05, 0.1) is 18.3 Å². The molecule has 0 fully saturated rings. The van der Waals surface area contributed by atoms with Crippen LogP contribution in [-0.4, -0.2) is 31.8 Å². The molecule has 0 aliphatic rings. The van der Waals surface area contributed by atoms with E-state index in [0.717, 1.165) is 5.56 Å². The third-order valence-electron chi connectivity index (χ3n) is 4.29. The third-order valence-corrected chi connectivity index (χ3v) is 5.09. The number of carbonyl (C=O) groups excluding carboxylic acids is 2. The average molecular weight is 499 g/mol. The number of ether oxygens (including phenoxy) is 3. The van der Waals surface area contributed by atoms with Crippen LogP contribution in [0.15, 0.2) is 77.9 Å². The highest BCUT2D eigenvalue weighted by atomic mass is 35.5. The lowest BCUT2D eigenvalue weighted by atomic mass is 10.2. The summed E-state index contributed by atoms with van der Waals surface area (Å²) in [7, 11) is 1.45. The van der Waals surface area contributed by atoms with E-state index in [1.807, 2.05) is 30.3 Å². The van der Waals surface area contributed by atoms with Gasteiger partial charge in [-0.1, -0.05) is 59.6 Å². The second-order valence-corrected chi connectivity index (χ2v) is 7.49. The van der Waals surface area contributed by atoms with Crippen LogP contribution in [0.5, 0.6) is 17.2 Å². The molecule has 3 aromatic carbocycles. The number of rotatable bonds is 9. The quantitative estimate of drug-likeness (QED) is 0.145. The summed E-state index contributed by atoms with van der Waals surface area (Å²) >= 11 is 11.9. The Morgan fingerprint density at radius 3 is 2.50 bits per heavy atom. The number of esters is 1. The Balaban J connectivity index is 1.54. The topological polar surface area (TPSA) is 86.2 Å². The first-order valence-corrected chi connectivity index (χ1v) is 10.7. The Morgan fingerprint density at radius 2 is 1.74 bits per heavy atom. The van der Waals surface area contributed by atoms with Crippen molar-refractivity contribution in [3.8, 4) is 17.2 Å². The Bertz CT molecular complexity index is 1210. The van der Waals surface area contributed by atoms with E-state index in [1.165, 1.54) is 19.4 Å². The van der Waals surface area contributed by atoms with Crippen LogP contribution in [-0.2, 0) is 9.59 Å². The Labute approximate surface area is 206 Å². The van der Waals surface area contributed by atoms with Crippen molar-refractivity contribution in [1.82, 2.24) is 5.43 Å². The molecule has 0 unspecified atom stereocenters. The Kier molecular flexibility index (Phi) is 9.08. The molecular formula is C25H20Cl2N2O5. The van der Waals surface area contributed by atoms with Gasteiger partial charge in [0, 0.05) is 6.08 Å². The molecule has 0 radical (unpaired) electrons. The molecule has 3 aromatic rings. The standard InChI is InChI=1S/C25H20Cl2N2O5/c1-32-22-14-18(10-12-20(22)34-24(31)13-11-17-6-3-2-4-7-17)15-28-29-23(30)16-33-21-9-5-8-19(26)25(21)27/h2-15H,16H2,1H3,(H,29,30). The maximum atomic E-state index is 12.1. The van der Waals surface area contributed by atoms with E-state index in [1.54, 1.807) is 42.5 Å². The van der Waals surface area contributed by atoms with Crippen LogP contribution < -0.4 is 19.6 Å². The second-order valence-electron chi connectivity index (χ2n) is 6.71. The molecule has 7 nitrogen and oxygen atoms in total. The molecule has 3 rings (SSSR count). The highest BCUT2D eigenvalue weighted by Gasteiger charge is 2.10. The van der Waals surface area contributed by atoms with Crippen LogP contribution >= 0.6 is 23.2 Å². The monoisotopic (exact) mass is 498 g/mol. The third kappa shape index (κ3) is 7.37. The van der Waals surface area contributed by atoms with E-state index in [0.29, 0.717) is 22.1 Å². The summed E-state index contributed by atoms with van der Waals surface area (Å²) in [6.07, 6.45) is 4.40. The molecule has 174 valence electrons. The molecule has 0 saturated heterocycles. The molecule has 1 amide bonds. The maximum Gasteiger partial charge on any atom is 0.336 e. The van der Waals surface area contributed by atoms with Gasteiger partial charge in [0.25, 0.3) is 5.91 Å². The van der Waals surface area contributed by atoms with Crippen molar-refractivity contribution in [2.24, 2.45) is 5.10 Å². The molecular weight excluding hydrogens is 479 g/mol. The lowest BCUT2D eigenvalue weighted by molar-refractivity contribution is -0.129. The van der Waals surface area contributed by atoms with Crippen LogP contribution in [0, 0.1) is 0 Å². The Morgan fingerprint density at radius 1 is 0.941 bits per heavy atom. The fraction of sp³-hybridized carbons (Fsp3) is 0.0800. The molecule has 34 heavy (non-hydrogen) atoms. The summed E-state index contributed by atoms with van der Waals surface area (Å²) in [5, 5.41) is 4.44. The minimum absolute atomic E-state index is 0.226. The van der Waals surface area contributed by atoms with E-state index < -0.39 is 11.9 Å². The fourth-order valence-corrected chi connectivity index (χ4v) is 3.02. The van der Waals surface area contributed by atoms with E-state index in [2.05, 4.69) is 10.5 Å². The normalized spacial score (nSPS) is 10.9. The zero-order valence-electron chi connectivity index (χ0n) is 18.0. The van der Waals surface area contributed by atoms with E-state index in [9.17, 15) is 9.59 Å². The zero-order chi connectivity index (χ0) is 24.3. The number of hydrazone groups is 1. The Hall–Kier alpha value is -3.81. The minimum atomic E-state index is -0.546. The van der Waals surface area contributed by atoms with Crippen LogP contribution in [0.3, 0.4) is 0 Å². The lowest BCUT2D eigenvalue weighted by Gasteiger charge is -2.09. The molecule has 0 spiro atoms. The van der Waals surface area contributed by atoms with Gasteiger partial charge in [-0.2, -0.15) is 5.10 Å². The summed E-state index contributed by atoms with van der Waals surface area (Å²) in [5.41, 5.74) is 3.83. The predicted molar refractivity (Wildman–Crippen MR) is 132 cm³/mol. The molecule has 0 bridgehead atoms. The lowest BCUT2D eigenvalue weighted by Crippen LogP contribution is -2.24. The van der Waals surface area contributed by atoms with Gasteiger partial charge in [-0.3, -0.25) is 4.79 Å². The molecule has 0 saturated carbocycles. The van der Waals surface area contributed by atoms with Crippen molar-refractivity contribution >= 4 is 47.4 Å². The number of methoxy groups -OCH3 is 1. The largest absolute Gasteiger partial charge is 0.493 e. The van der Waals surface area contributed by atoms with Gasteiger partial charge in [-0.25, -0.2) is 10.2 Å². The summed E-state index contributed by atoms with van der Waals surface area (Å²) in [6.45, 7) is -0.299. The van der Waals surface area contributed by atoms with Crippen LogP contribution in [0.4, 0.5) is 0 Å². The van der Waals surface area contributed by atoms with Gasteiger partial charge in [-0.05, 0) is 47.5 Å². The van der Waals surface area contributed by atoms with Gasteiger partial charge >= 0.3 is 5.97 Å². The first kappa shape index (κ1) is 24.8. The fourth-order valence-electron chi connectivity index (χ4n) is 2.67. The van der Waals surface area contributed by atoms with Crippen molar-refractivity contribution in [2.45, 2.75) is 0 Å². The molecule has 0 aromatic heterocycles. The van der Waals surface area contributed by atoms with Gasteiger partial charge in [-0.15, -0.1) is 0 Å². The number of benzene rings is 3. The van der Waals surface area contributed by atoms with E-state index in [-0.39, 0.29) is 17.4 Å². The maximum absolute atomic E-state index is 12.1. The molecule has 0 heterocycles. The van der Waals surface area contributed by atoms with Gasteiger partial charge in [0.2, 0.25) is 0 Å². The first-order chi connectivity index (χ1) is 16.5. The number of carbonyl (C=O) groups is 2. The SMILES string of the molecule is COc1cc(C=NNC(=O)COc2cccc(Cl)c2Cl)ccc1OC(=O)C=Cc1ccccc1. The zero-order valence-corrected chi connectivity index (χ0v) is 19.5. The van der Waals surface area contributed by atoms with Crippen molar-refractivity contribution in [1.29, 1.82) is 0 Å². The van der Waals surface area contributed by atoms with Crippen molar-refractivity contribution < 1.29 is 23.8 Å². The minimum Gasteiger partial charge on any atom is -0.493 e. The molecule has 1 N–H and O–H groups in total. The smallest absolute Gasteiger partial charge is 0.336 e. The average Bonchev–Trinajstić information content (AvgIpc) is 2.85. The van der Waals surface area contributed by atoms with Crippen molar-refractivity contribution in [3.05, 3.63) is 94.0 Å². The number of amides is 1. The molecule has 9 heteroatoms. The van der Waals surface area contributed by atoms with E-state index >= 15 is 0 Å². The van der Waals surface area contributed by atoms with Crippen molar-refractivity contribution in [3.63, 3.8) is 0 Å². The second kappa shape index (κ2) is 12.4. The van der Waals surface area contributed by atoms with Crippen LogP contribution in [0.25, 0.3) is 6.08 Å². The molecule has 0 aliphatic heterocycles. The highest BCUT2D eigenvalue weighted by Crippen LogP contribution is 2.31. The number of hydrogen-bond donors (Lipinski definition) is 1. The number of nitrogens with zero attached hydrogens (tertiary/aromatic N) is 1.